The Kier molecular flexibility index (Phi) is 10.4. The fourth-order valence-electron chi connectivity index (χ4n) is 5.99. The molecule has 4 aromatic carbocycles. The molecule has 0 saturated carbocycles. The molecule has 5 rings (SSSR count). The number of esters is 1. The van der Waals surface area contributed by atoms with E-state index in [0.29, 0.717) is 35.5 Å². The lowest BCUT2D eigenvalue weighted by Gasteiger charge is -2.38. The van der Waals surface area contributed by atoms with Crippen LogP contribution >= 0.6 is 0 Å². The zero-order chi connectivity index (χ0) is 33.6. The van der Waals surface area contributed by atoms with Crippen LogP contribution in [0, 0.1) is 0 Å². The Bertz CT molecular complexity index is 1680. The first-order valence-corrected chi connectivity index (χ1v) is 15.3. The molecule has 0 aliphatic carbocycles. The first-order valence-electron chi connectivity index (χ1n) is 15.3. The number of nitrogens with one attached hydrogen (secondary N) is 1. The quantitative estimate of drug-likeness (QED) is 0.196. The van der Waals surface area contributed by atoms with E-state index in [2.05, 4.69) is 10.2 Å². The molecule has 2 amide bonds. The fraction of sp³-hybridized carbons (Fsp3) is 0.270. The molecule has 1 fully saturated rings. The number of carbonyl (C=O) groups is 3. The van der Waals surface area contributed by atoms with Gasteiger partial charge in [-0.2, -0.15) is 13.2 Å². The van der Waals surface area contributed by atoms with Gasteiger partial charge >= 0.3 is 12.1 Å². The Morgan fingerprint density at radius 1 is 0.872 bits per heavy atom. The van der Waals surface area contributed by atoms with Gasteiger partial charge in [0.2, 0.25) is 5.91 Å². The standard InChI is InChI=1S/C37H36F3N3O4/c1-42(24-33(44)47-2)36(46)34(28-8-4-3-5-9-28)43-22-20-26(21-23-43)25-14-18-30(19-15-25)41-35(45)32-11-7-6-10-31(32)27-12-16-29(17-13-27)37(38,39)40/h3-19,26,34H,20-24H2,1-2H3,(H,41,45). The number of alkyl halides is 3. The van der Waals surface area contributed by atoms with Crippen LogP contribution < -0.4 is 5.32 Å². The number of amides is 2. The molecule has 0 aromatic heterocycles. The minimum Gasteiger partial charge on any atom is -0.468 e. The van der Waals surface area contributed by atoms with Crippen molar-refractivity contribution in [1.29, 1.82) is 0 Å². The summed E-state index contributed by atoms with van der Waals surface area (Å²) < 4.78 is 43.9. The fourth-order valence-corrected chi connectivity index (χ4v) is 5.99. The van der Waals surface area contributed by atoms with Crippen molar-refractivity contribution in [1.82, 2.24) is 9.80 Å². The van der Waals surface area contributed by atoms with Crippen LogP contribution in [0.15, 0.2) is 103 Å². The van der Waals surface area contributed by atoms with Crippen molar-refractivity contribution in [3.05, 3.63) is 125 Å². The first kappa shape index (κ1) is 33.4. The SMILES string of the molecule is COC(=O)CN(C)C(=O)C(c1ccccc1)N1CCC(c2ccc(NC(=O)c3ccccc3-c3ccc(C(F)(F)F)cc3)cc2)CC1. The van der Waals surface area contributed by atoms with Gasteiger partial charge in [-0.1, -0.05) is 72.8 Å². The van der Waals surface area contributed by atoms with Gasteiger partial charge in [0.05, 0.1) is 12.7 Å². The third-order valence-corrected chi connectivity index (χ3v) is 8.55. The molecule has 244 valence electrons. The average molecular weight is 644 g/mol. The minimum atomic E-state index is -4.44. The van der Waals surface area contributed by atoms with Crippen LogP contribution in [-0.2, 0) is 20.5 Å². The summed E-state index contributed by atoms with van der Waals surface area (Å²) in [6, 6.07) is 28.3. The van der Waals surface area contributed by atoms with E-state index < -0.39 is 23.8 Å². The molecule has 47 heavy (non-hydrogen) atoms. The van der Waals surface area contributed by atoms with Crippen molar-refractivity contribution >= 4 is 23.5 Å². The lowest BCUT2D eigenvalue weighted by atomic mass is 9.88. The number of halogens is 3. The summed E-state index contributed by atoms with van der Waals surface area (Å²) in [5.74, 6) is -0.750. The Morgan fingerprint density at radius 2 is 1.49 bits per heavy atom. The zero-order valence-electron chi connectivity index (χ0n) is 26.2. The molecule has 10 heteroatoms. The number of likely N-dealkylation sites (tertiary alicyclic amines) is 1. The van der Waals surface area contributed by atoms with Crippen LogP contribution in [0.1, 0.15) is 51.8 Å². The van der Waals surface area contributed by atoms with Gasteiger partial charge in [-0.05, 0) is 84.4 Å². The molecular weight excluding hydrogens is 607 g/mol. The van der Waals surface area contributed by atoms with Crippen molar-refractivity contribution < 1.29 is 32.3 Å². The van der Waals surface area contributed by atoms with Gasteiger partial charge in [0.25, 0.3) is 5.91 Å². The molecular formula is C37H36F3N3O4. The van der Waals surface area contributed by atoms with Crippen LogP contribution in [0.3, 0.4) is 0 Å². The van der Waals surface area contributed by atoms with Gasteiger partial charge in [0.15, 0.2) is 0 Å². The summed E-state index contributed by atoms with van der Waals surface area (Å²) in [5.41, 5.74) is 3.24. The molecule has 1 aliphatic rings. The van der Waals surface area contributed by atoms with E-state index in [0.717, 1.165) is 36.1 Å². The summed E-state index contributed by atoms with van der Waals surface area (Å²) in [5, 5.41) is 2.91. The second-order valence-corrected chi connectivity index (χ2v) is 11.6. The number of rotatable bonds is 9. The highest BCUT2D eigenvalue weighted by Crippen LogP contribution is 2.35. The summed E-state index contributed by atoms with van der Waals surface area (Å²) in [6.07, 6.45) is -2.79. The number of benzene rings is 4. The normalized spacial score (nSPS) is 14.7. The van der Waals surface area contributed by atoms with Crippen LogP contribution in [0.25, 0.3) is 11.1 Å². The van der Waals surface area contributed by atoms with Crippen molar-refractivity contribution in [3.8, 4) is 11.1 Å². The monoisotopic (exact) mass is 643 g/mol. The maximum Gasteiger partial charge on any atom is 0.416 e. The van der Waals surface area contributed by atoms with Crippen molar-refractivity contribution in [2.24, 2.45) is 0 Å². The third-order valence-electron chi connectivity index (χ3n) is 8.55. The van der Waals surface area contributed by atoms with E-state index in [4.69, 9.17) is 4.74 Å². The minimum absolute atomic E-state index is 0.126. The Balaban J connectivity index is 1.23. The molecule has 1 aliphatic heterocycles. The highest BCUT2D eigenvalue weighted by Gasteiger charge is 2.34. The predicted octanol–water partition coefficient (Wildman–Crippen LogP) is 7.18. The van der Waals surface area contributed by atoms with E-state index in [-0.39, 0.29) is 24.3 Å². The number of ether oxygens (including phenoxy) is 1. The summed E-state index contributed by atoms with van der Waals surface area (Å²) >= 11 is 0. The van der Waals surface area contributed by atoms with Crippen LogP contribution in [0.2, 0.25) is 0 Å². The van der Waals surface area contributed by atoms with E-state index in [9.17, 15) is 27.6 Å². The number of methoxy groups -OCH3 is 1. The van der Waals surface area contributed by atoms with Gasteiger partial charge in [0.1, 0.15) is 12.6 Å². The van der Waals surface area contributed by atoms with Gasteiger partial charge in [-0.15, -0.1) is 0 Å². The maximum absolute atomic E-state index is 13.5. The van der Waals surface area contributed by atoms with Gasteiger partial charge < -0.3 is 15.0 Å². The molecule has 4 aromatic rings. The largest absolute Gasteiger partial charge is 0.468 e. The number of hydrogen-bond donors (Lipinski definition) is 1. The Labute approximate surface area is 272 Å². The van der Waals surface area contributed by atoms with Crippen molar-refractivity contribution in [3.63, 3.8) is 0 Å². The molecule has 0 radical (unpaired) electrons. The highest BCUT2D eigenvalue weighted by atomic mass is 19.4. The predicted molar refractivity (Wildman–Crippen MR) is 174 cm³/mol. The third kappa shape index (κ3) is 8.07. The smallest absolute Gasteiger partial charge is 0.416 e. The number of likely N-dealkylation sites (N-methyl/N-ethyl adjacent to an activating group) is 1. The number of anilines is 1. The van der Waals surface area contributed by atoms with Crippen molar-refractivity contribution in [2.45, 2.75) is 31.0 Å². The van der Waals surface area contributed by atoms with Crippen molar-refractivity contribution in [2.75, 3.05) is 39.1 Å². The summed E-state index contributed by atoms with van der Waals surface area (Å²) in [7, 11) is 2.90. The van der Waals surface area contributed by atoms with Gasteiger partial charge in [-0.25, -0.2) is 0 Å². The molecule has 1 heterocycles. The first-order chi connectivity index (χ1) is 22.5. The second kappa shape index (κ2) is 14.6. The number of carbonyl (C=O) groups excluding carboxylic acids is 3. The molecule has 1 atom stereocenters. The van der Waals surface area contributed by atoms with E-state index in [1.165, 1.54) is 24.1 Å². The molecule has 1 N–H and O–H groups in total. The zero-order valence-corrected chi connectivity index (χ0v) is 26.2. The van der Waals surface area contributed by atoms with Gasteiger partial charge in [0, 0.05) is 18.3 Å². The second-order valence-electron chi connectivity index (χ2n) is 11.6. The molecule has 1 unspecified atom stereocenters. The summed E-state index contributed by atoms with van der Waals surface area (Å²) in [4.78, 5) is 42.2. The van der Waals surface area contributed by atoms with E-state index in [1.807, 2.05) is 54.6 Å². The molecule has 1 saturated heterocycles. The molecule has 0 bridgehead atoms. The van der Waals surface area contributed by atoms with E-state index in [1.54, 1.807) is 31.3 Å². The molecule has 0 spiro atoms. The summed E-state index contributed by atoms with van der Waals surface area (Å²) in [6.45, 7) is 1.24. The number of hydrogen-bond acceptors (Lipinski definition) is 5. The Hall–Kier alpha value is -4.96. The topological polar surface area (TPSA) is 79.0 Å². The van der Waals surface area contributed by atoms with Crippen LogP contribution in [0.4, 0.5) is 18.9 Å². The van der Waals surface area contributed by atoms with Gasteiger partial charge in [-0.3, -0.25) is 19.3 Å². The lowest BCUT2D eigenvalue weighted by Crippen LogP contribution is -2.45. The lowest BCUT2D eigenvalue weighted by molar-refractivity contribution is -0.148. The van der Waals surface area contributed by atoms with E-state index >= 15 is 0 Å². The van der Waals surface area contributed by atoms with Crippen LogP contribution in [0.5, 0.6) is 0 Å². The molecule has 7 nitrogen and oxygen atoms in total. The average Bonchev–Trinajstić information content (AvgIpc) is 3.09. The number of nitrogens with zero attached hydrogens (tertiary/aromatic N) is 2. The van der Waals surface area contributed by atoms with Crippen LogP contribution in [-0.4, -0.2) is 61.4 Å². The Morgan fingerprint density at radius 3 is 2.11 bits per heavy atom. The number of piperidine rings is 1. The maximum atomic E-state index is 13.5. The highest BCUT2D eigenvalue weighted by molar-refractivity contribution is 6.08.